The zero-order valence-corrected chi connectivity index (χ0v) is 14.0. The highest BCUT2D eigenvalue weighted by Gasteiger charge is 2.47. The Kier molecular flexibility index (Phi) is 9.48. The SMILES string of the molecule is FC(F)(F)CC(F)(F)OCC(COC(F)(F)CC(F)(F)F)OP(Cl)Cl. The van der Waals surface area contributed by atoms with Gasteiger partial charge in [0.15, 0.2) is 0 Å². The monoisotopic (exact) mass is 456 g/mol. The Morgan fingerprint density at radius 1 is 0.680 bits per heavy atom. The molecule has 0 saturated heterocycles. The van der Waals surface area contributed by atoms with Gasteiger partial charge in [-0.1, -0.05) is 0 Å². The van der Waals surface area contributed by atoms with Crippen LogP contribution < -0.4 is 0 Å². The topological polar surface area (TPSA) is 27.7 Å². The van der Waals surface area contributed by atoms with Gasteiger partial charge in [-0.25, -0.2) is 0 Å². The predicted octanol–water partition coefficient (Wildman–Crippen LogP) is 6.20. The van der Waals surface area contributed by atoms with Crippen molar-refractivity contribution in [2.75, 3.05) is 13.2 Å². The lowest BCUT2D eigenvalue weighted by Gasteiger charge is -2.25. The van der Waals surface area contributed by atoms with Crippen molar-refractivity contribution in [3.8, 4) is 0 Å². The van der Waals surface area contributed by atoms with Crippen molar-refractivity contribution >= 4 is 29.3 Å². The minimum absolute atomic E-state index is 1.45. The molecule has 25 heavy (non-hydrogen) atoms. The molecule has 0 spiro atoms. The maximum absolute atomic E-state index is 12.9. The van der Waals surface area contributed by atoms with Crippen LogP contribution in [-0.4, -0.2) is 43.9 Å². The second-order valence-corrected chi connectivity index (χ2v) is 7.39. The molecule has 152 valence electrons. The van der Waals surface area contributed by atoms with E-state index < -0.39 is 63.6 Å². The molecule has 0 heterocycles. The summed E-state index contributed by atoms with van der Waals surface area (Å²) in [5.74, 6) is 0. The molecule has 3 nitrogen and oxygen atoms in total. The molecule has 0 aromatic carbocycles. The first-order valence-electron chi connectivity index (χ1n) is 5.86. The van der Waals surface area contributed by atoms with Crippen molar-refractivity contribution < 1.29 is 57.9 Å². The Labute approximate surface area is 144 Å². The quantitative estimate of drug-likeness (QED) is 0.289. The number of alkyl halides is 10. The van der Waals surface area contributed by atoms with Gasteiger partial charge in [0.05, 0.1) is 13.2 Å². The molecular formula is C9H9Cl2F10O3P. The molecule has 0 unspecified atom stereocenters. The van der Waals surface area contributed by atoms with Crippen LogP contribution in [0.25, 0.3) is 0 Å². The van der Waals surface area contributed by atoms with Crippen LogP contribution in [0.5, 0.6) is 0 Å². The summed E-state index contributed by atoms with van der Waals surface area (Å²) >= 11 is 10.3. The standard InChI is InChI=1S/C9H9Cl2F10O3P/c10-25(11)24-5(1-22-8(18,19)3-6(12,13)14)2-23-9(20,21)4-7(15,16)17/h5H,1-4H2. The summed E-state index contributed by atoms with van der Waals surface area (Å²) < 4.78 is 135. The van der Waals surface area contributed by atoms with E-state index in [-0.39, 0.29) is 0 Å². The summed E-state index contributed by atoms with van der Waals surface area (Å²) in [5.41, 5.74) is 0. The number of ether oxygens (including phenoxy) is 2. The predicted molar refractivity (Wildman–Crippen MR) is 66.6 cm³/mol. The third kappa shape index (κ3) is 15.0. The zero-order chi connectivity index (χ0) is 20.1. The lowest BCUT2D eigenvalue weighted by Crippen LogP contribution is -2.36. The number of hydrogen-bond donors (Lipinski definition) is 0. The van der Waals surface area contributed by atoms with Gasteiger partial charge < -0.3 is 14.0 Å². The van der Waals surface area contributed by atoms with Gasteiger partial charge in [-0.3, -0.25) is 0 Å². The highest BCUT2D eigenvalue weighted by molar-refractivity contribution is 8.00. The van der Waals surface area contributed by atoms with Gasteiger partial charge in [-0.05, 0) is 22.5 Å². The van der Waals surface area contributed by atoms with E-state index in [2.05, 4.69) is 14.0 Å². The van der Waals surface area contributed by atoms with Crippen molar-refractivity contribution in [3.05, 3.63) is 0 Å². The van der Waals surface area contributed by atoms with Crippen LogP contribution >= 0.6 is 29.3 Å². The van der Waals surface area contributed by atoms with Crippen LogP contribution in [0.4, 0.5) is 43.9 Å². The fourth-order valence-corrected chi connectivity index (χ4v) is 2.24. The molecule has 0 aliphatic rings. The van der Waals surface area contributed by atoms with Gasteiger partial charge in [-0.15, -0.1) is 0 Å². The largest absolute Gasteiger partial charge is 0.397 e. The molecule has 0 amide bonds. The first kappa shape index (κ1) is 25.2. The van der Waals surface area contributed by atoms with Gasteiger partial charge in [0.25, 0.3) is 0 Å². The van der Waals surface area contributed by atoms with E-state index in [1.807, 2.05) is 0 Å². The van der Waals surface area contributed by atoms with Crippen LogP contribution in [0, 0.1) is 0 Å². The highest BCUT2D eigenvalue weighted by Crippen LogP contribution is 2.49. The van der Waals surface area contributed by atoms with E-state index in [1.54, 1.807) is 0 Å². The molecule has 0 aliphatic carbocycles. The van der Waals surface area contributed by atoms with Crippen molar-refractivity contribution in [1.29, 1.82) is 0 Å². The third-order valence-corrected chi connectivity index (χ3v) is 2.94. The Morgan fingerprint density at radius 2 is 1.00 bits per heavy atom. The van der Waals surface area contributed by atoms with E-state index >= 15 is 0 Å². The van der Waals surface area contributed by atoms with Crippen LogP contribution in [0.3, 0.4) is 0 Å². The molecule has 0 aromatic rings. The minimum Gasteiger partial charge on any atom is -0.323 e. The average molecular weight is 457 g/mol. The molecular weight excluding hydrogens is 448 g/mol. The van der Waals surface area contributed by atoms with Crippen molar-refractivity contribution in [3.63, 3.8) is 0 Å². The Morgan fingerprint density at radius 3 is 1.24 bits per heavy atom. The van der Waals surface area contributed by atoms with Crippen LogP contribution in [0.2, 0.25) is 0 Å². The Balaban J connectivity index is 4.70. The minimum atomic E-state index is -5.30. The van der Waals surface area contributed by atoms with Crippen molar-refractivity contribution in [2.45, 2.75) is 43.5 Å². The van der Waals surface area contributed by atoms with E-state index in [1.165, 1.54) is 0 Å². The van der Waals surface area contributed by atoms with Crippen LogP contribution in [-0.2, 0) is 14.0 Å². The third-order valence-electron chi connectivity index (χ3n) is 2.00. The number of rotatable bonds is 10. The molecule has 0 radical (unpaired) electrons. The lowest BCUT2D eigenvalue weighted by atomic mass is 10.3. The molecule has 0 atom stereocenters. The Hall–Kier alpha value is 0.190. The van der Waals surface area contributed by atoms with Crippen LogP contribution in [0.15, 0.2) is 0 Å². The van der Waals surface area contributed by atoms with Crippen LogP contribution in [0.1, 0.15) is 12.8 Å². The average Bonchev–Trinajstić information content (AvgIpc) is 2.26. The summed E-state index contributed by atoms with van der Waals surface area (Å²) in [7, 11) is 0. The zero-order valence-electron chi connectivity index (χ0n) is 11.6. The molecule has 0 aliphatic heterocycles. The smallest absolute Gasteiger partial charge is 0.323 e. The fourth-order valence-electron chi connectivity index (χ4n) is 1.22. The molecule has 0 aromatic heterocycles. The summed E-state index contributed by atoms with van der Waals surface area (Å²) in [6, 6.07) is 0. The summed E-state index contributed by atoms with van der Waals surface area (Å²) in [6.07, 6.45) is -27.4. The second kappa shape index (κ2) is 9.41. The summed E-state index contributed by atoms with van der Waals surface area (Å²) in [4.78, 5) is 0. The molecule has 0 fully saturated rings. The highest BCUT2D eigenvalue weighted by atomic mass is 35.9. The molecule has 0 rings (SSSR count). The fraction of sp³-hybridized carbons (Fsp3) is 1.00. The summed E-state index contributed by atoms with van der Waals surface area (Å²) in [6.45, 7) is -5.35. The van der Waals surface area contributed by atoms with Gasteiger partial charge in [0, 0.05) is 0 Å². The van der Waals surface area contributed by atoms with Crippen molar-refractivity contribution in [1.82, 2.24) is 0 Å². The van der Waals surface area contributed by atoms with Gasteiger partial charge >= 0.3 is 24.6 Å². The second-order valence-electron chi connectivity index (χ2n) is 4.41. The van der Waals surface area contributed by atoms with Crippen molar-refractivity contribution in [2.24, 2.45) is 0 Å². The summed E-state index contributed by atoms with van der Waals surface area (Å²) in [5, 5.41) is 0. The van der Waals surface area contributed by atoms with Gasteiger partial charge in [0.2, 0.25) is 6.85 Å². The molecule has 16 heteroatoms. The first-order valence-corrected chi connectivity index (χ1v) is 8.93. The maximum Gasteiger partial charge on any atom is 0.397 e. The molecule has 0 bridgehead atoms. The Bertz CT molecular complexity index is 372. The van der Waals surface area contributed by atoms with Gasteiger partial charge in [0.1, 0.15) is 18.9 Å². The molecule has 0 saturated carbocycles. The van der Waals surface area contributed by atoms with E-state index in [0.717, 1.165) is 0 Å². The van der Waals surface area contributed by atoms with E-state index in [9.17, 15) is 43.9 Å². The maximum atomic E-state index is 12.9. The lowest BCUT2D eigenvalue weighted by molar-refractivity contribution is -0.310. The van der Waals surface area contributed by atoms with E-state index in [4.69, 9.17) is 22.5 Å². The molecule has 0 N–H and O–H groups in total. The number of hydrogen-bond acceptors (Lipinski definition) is 3. The van der Waals surface area contributed by atoms with Gasteiger partial charge in [-0.2, -0.15) is 43.9 Å². The van der Waals surface area contributed by atoms with E-state index in [0.29, 0.717) is 0 Å². The first-order chi connectivity index (χ1) is 10.9. The normalized spacial score (nSPS) is 14.6. The number of halogens is 12.